The van der Waals surface area contributed by atoms with Crippen LogP contribution in [0.5, 0.6) is 0 Å². The fourth-order valence-corrected chi connectivity index (χ4v) is 2.45. The molecule has 7 nitrogen and oxygen atoms in total. The van der Waals surface area contributed by atoms with Gasteiger partial charge >= 0.3 is 0 Å². The van der Waals surface area contributed by atoms with Crippen LogP contribution in [0, 0.1) is 19.3 Å². The number of guanidine groups is 1. The van der Waals surface area contributed by atoms with Gasteiger partial charge in [0.05, 0.1) is 6.54 Å². The lowest BCUT2D eigenvalue weighted by molar-refractivity contribution is -0.114. The fraction of sp³-hybridized carbons (Fsp3) is 0.333. The van der Waals surface area contributed by atoms with Gasteiger partial charge in [-0.2, -0.15) is 0 Å². The van der Waals surface area contributed by atoms with Crippen LogP contribution in [0.15, 0.2) is 45.8 Å². The number of nitrogens with zero attached hydrogens (tertiary/aromatic N) is 1. The maximum atomic E-state index is 12.2. The van der Waals surface area contributed by atoms with E-state index in [0.717, 1.165) is 5.76 Å². The third-order valence-corrected chi connectivity index (χ3v) is 3.91. The van der Waals surface area contributed by atoms with Crippen LogP contribution in [-0.4, -0.2) is 36.6 Å². The molecule has 0 aliphatic rings. The number of aliphatic imine (C=N–C) groups is 1. The maximum Gasteiger partial charge on any atom is 0.246 e. The van der Waals surface area contributed by atoms with Gasteiger partial charge in [0.15, 0.2) is 5.96 Å². The average molecular weight is 510 g/mol. The maximum absolute atomic E-state index is 12.2. The number of benzene rings is 1. The van der Waals surface area contributed by atoms with Gasteiger partial charge in [-0.1, -0.05) is 12.0 Å². The molecule has 156 valence electrons. The topological polar surface area (TPSA) is 98.9 Å². The number of terminal acetylenes is 1. The first-order chi connectivity index (χ1) is 13.3. The van der Waals surface area contributed by atoms with E-state index in [9.17, 15) is 9.90 Å². The Labute approximate surface area is 188 Å². The van der Waals surface area contributed by atoms with Crippen molar-refractivity contribution in [1.82, 2.24) is 10.6 Å². The highest BCUT2D eigenvalue weighted by Crippen LogP contribution is 2.21. The van der Waals surface area contributed by atoms with Crippen LogP contribution in [0.3, 0.4) is 0 Å². The van der Waals surface area contributed by atoms with Gasteiger partial charge < -0.3 is 25.5 Å². The van der Waals surface area contributed by atoms with Crippen LogP contribution in [-0.2, 0) is 10.4 Å². The number of furan rings is 1. The minimum absolute atomic E-state index is 0. The largest absolute Gasteiger partial charge is 0.463 e. The van der Waals surface area contributed by atoms with Crippen molar-refractivity contribution in [3.63, 3.8) is 0 Å². The molecular formula is C21H27IN4O3. The zero-order valence-electron chi connectivity index (χ0n) is 16.8. The van der Waals surface area contributed by atoms with Crippen LogP contribution in [0.25, 0.3) is 0 Å². The van der Waals surface area contributed by atoms with Gasteiger partial charge in [0.1, 0.15) is 23.7 Å². The lowest BCUT2D eigenvalue weighted by atomic mass is 10.0. The van der Waals surface area contributed by atoms with Crippen LogP contribution >= 0.6 is 24.0 Å². The van der Waals surface area contributed by atoms with E-state index in [4.69, 9.17) is 10.8 Å². The number of rotatable bonds is 7. The standard InChI is InChI=1S/C21H26N4O3.HI/c1-5-16-8-7-9-17(12-16)25-19(26)13-23-20(22-6-2)24-14-21(4,27)18-11-10-15(3)28-18;/h1,7-12,27H,6,13-14H2,2-4H3,(H,25,26)(H2,22,23,24);1H. The second-order valence-electron chi connectivity index (χ2n) is 6.51. The molecule has 1 aromatic carbocycles. The molecule has 4 N–H and O–H groups in total. The van der Waals surface area contributed by atoms with Crippen molar-refractivity contribution in [2.75, 3.05) is 25.0 Å². The normalized spacial score (nSPS) is 12.9. The third kappa shape index (κ3) is 7.79. The molecule has 0 radical (unpaired) electrons. The van der Waals surface area contributed by atoms with Crippen molar-refractivity contribution in [3.8, 4) is 12.3 Å². The number of anilines is 1. The Bertz CT molecular complexity index is 884. The highest BCUT2D eigenvalue weighted by Gasteiger charge is 2.27. The van der Waals surface area contributed by atoms with Crippen molar-refractivity contribution in [2.24, 2.45) is 4.99 Å². The zero-order valence-corrected chi connectivity index (χ0v) is 19.1. The second kappa shape index (κ2) is 11.5. The Morgan fingerprint density at radius 3 is 2.69 bits per heavy atom. The Morgan fingerprint density at radius 2 is 2.07 bits per heavy atom. The number of halogens is 1. The molecule has 1 aromatic heterocycles. The molecule has 0 saturated heterocycles. The van der Waals surface area contributed by atoms with E-state index in [2.05, 4.69) is 26.9 Å². The molecule has 0 saturated carbocycles. The van der Waals surface area contributed by atoms with E-state index in [1.807, 2.05) is 13.8 Å². The van der Waals surface area contributed by atoms with Gasteiger partial charge in [-0.05, 0) is 51.1 Å². The number of carbonyl (C=O) groups is 1. The second-order valence-corrected chi connectivity index (χ2v) is 6.51. The molecule has 0 spiro atoms. The average Bonchev–Trinajstić information content (AvgIpc) is 3.11. The zero-order chi connectivity index (χ0) is 20.6. The summed E-state index contributed by atoms with van der Waals surface area (Å²) in [6.45, 7) is 6.06. The summed E-state index contributed by atoms with van der Waals surface area (Å²) in [6, 6.07) is 10.6. The van der Waals surface area contributed by atoms with Crippen LogP contribution in [0.4, 0.5) is 5.69 Å². The van der Waals surface area contributed by atoms with Crippen molar-refractivity contribution in [3.05, 3.63) is 53.5 Å². The number of aliphatic hydroxyl groups is 1. The molecular weight excluding hydrogens is 483 g/mol. The number of hydrogen-bond acceptors (Lipinski definition) is 4. The molecule has 1 unspecified atom stereocenters. The summed E-state index contributed by atoms with van der Waals surface area (Å²) in [6.07, 6.45) is 5.36. The molecule has 0 bridgehead atoms. The predicted molar refractivity (Wildman–Crippen MR) is 125 cm³/mol. The van der Waals surface area contributed by atoms with E-state index in [0.29, 0.717) is 29.5 Å². The molecule has 1 heterocycles. The molecule has 2 rings (SSSR count). The highest BCUT2D eigenvalue weighted by molar-refractivity contribution is 14.0. The van der Waals surface area contributed by atoms with Gasteiger partial charge in [0.25, 0.3) is 0 Å². The van der Waals surface area contributed by atoms with E-state index >= 15 is 0 Å². The SMILES string of the molecule is C#Cc1cccc(NC(=O)CN=C(NCC)NCC(C)(O)c2ccc(C)o2)c1.I. The quantitative estimate of drug-likeness (QED) is 0.199. The van der Waals surface area contributed by atoms with Crippen molar-refractivity contribution in [2.45, 2.75) is 26.4 Å². The molecule has 0 aliphatic carbocycles. The number of nitrogens with one attached hydrogen (secondary N) is 3. The van der Waals surface area contributed by atoms with Gasteiger partial charge in [-0.3, -0.25) is 4.79 Å². The van der Waals surface area contributed by atoms with Gasteiger partial charge in [-0.25, -0.2) is 4.99 Å². The summed E-state index contributed by atoms with van der Waals surface area (Å²) < 4.78 is 5.50. The lowest BCUT2D eigenvalue weighted by Crippen LogP contribution is -2.44. The van der Waals surface area contributed by atoms with Crippen molar-refractivity contribution < 1.29 is 14.3 Å². The first kappa shape index (κ1) is 24.5. The summed E-state index contributed by atoms with van der Waals surface area (Å²) in [5.41, 5.74) is 0.0824. The van der Waals surface area contributed by atoms with E-state index in [1.54, 1.807) is 43.3 Å². The Kier molecular flexibility index (Phi) is 9.71. The van der Waals surface area contributed by atoms with Crippen LogP contribution < -0.4 is 16.0 Å². The molecule has 2 aromatic rings. The first-order valence-corrected chi connectivity index (χ1v) is 9.02. The number of amides is 1. The highest BCUT2D eigenvalue weighted by atomic mass is 127. The van der Waals surface area contributed by atoms with Gasteiger partial charge in [-0.15, -0.1) is 30.4 Å². The number of hydrogen-bond donors (Lipinski definition) is 4. The van der Waals surface area contributed by atoms with Crippen molar-refractivity contribution >= 4 is 41.5 Å². The minimum Gasteiger partial charge on any atom is -0.463 e. The van der Waals surface area contributed by atoms with E-state index in [-0.39, 0.29) is 43.0 Å². The van der Waals surface area contributed by atoms with E-state index < -0.39 is 5.60 Å². The Hall–Kier alpha value is -2.51. The first-order valence-electron chi connectivity index (χ1n) is 9.02. The Balaban J connectivity index is 0.00000420. The lowest BCUT2D eigenvalue weighted by Gasteiger charge is -2.22. The summed E-state index contributed by atoms with van der Waals surface area (Å²) in [5.74, 6) is 3.84. The summed E-state index contributed by atoms with van der Waals surface area (Å²) in [7, 11) is 0. The number of aryl methyl sites for hydroxylation is 1. The predicted octanol–water partition coefficient (Wildman–Crippen LogP) is 2.59. The third-order valence-electron chi connectivity index (χ3n) is 3.91. The molecule has 1 amide bonds. The van der Waals surface area contributed by atoms with Crippen LogP contribution in [0.1, 0.15) is 30.9 Å². The van der Waals surface area contributed by atoms with E-state index in [1.165, 1.54) is 0 Å². The fourth-order valence-electron chi connectivity index (χ4n) is 2.45. The van der Waals surface area contributed by atoms with Crippen LogP contribution in [0.2, 0.25) is 0 Å². The molecule has 0 aliphatic heterocycles. The van der Waals surface area contributed by atoms with Gasteiger partial charge in [0, 0.05) is 17.8 Å². The summed E-state index contributed by atoms with van der Waals surface area (Å²) in [5, 5.41) is 19.4. The molecule has 0 fully saturated rings. The minimum atomic E-state index is -1.22. The molecule has 29 heavy (non-hydrogen) atoms. The van der Waals surface area contributed by atoms with Gasteiger partial charge in [0.2, 0.25) is 5.91 Å². The smallest absolute Gasteiger partial charge is 0.246 e. The number of carbonyl (C=O) groups excluding carboxylic acids is 1. The summed E-state index contributed by atoms with van der Waals surface area (Å²) >= 11 is 0. The van der Waals surface area contributed by atoms with Crippen molar-refractivity contribution in [1.29, 1.82) is 0 Å². The Morgan fingerprint density at radius 1 is 1.31 bits per heavy atom. The molecule has 8 heteroatoms. The monoisotopic (exact) mass is 510 g/mol. The summed E-state index contributed by atoms with van der Waals surface area (Å²) in [4.78, 5) is 16.4. The molecule has 1 atom stereocenters.